The van der Waals surface area contributed by atoms with Crippen molar-refractivity contribution < 1.29 is 9.18 Å². The predicted octanol–water partition coefficient (Wildman–Crippen LogP) is 1.35. The second-order valence-corrected chi connectivity index (χ2v) is 5.29. The van der Waals surface area contributed by atoms with E-state index in [0.717, 1.165) is 19.4 Å². The van der Waals surface area contributed by atoms with E-state index in [1.54, 1.807) is 0 Å². The van der Waals surface area contributed by atoms with Crippen molar-refractivity contribution in [3.8, 4) is 0 Å². The maximum absolute atomic E-state index is 13.2. The zero-order valence-electron chi connectivity index (χ0n) is 9.62. The molecule has 2 N–H and O–H groups in total. The van der Waals surface area contributed by atoms with Gasteiger partial charge < -0.3 is 10.6 Å². The largest absolute Gasteiger partial charge is 0.348 e. The Hall–Kier alpha value is -1.20. The molecule has 2 fully saturated rings. The molecule has 3 unspecified atom stereocenters. The molecule has 4 nitrogen and oxygen atoms in total. The highest BCUT2D eigenvalue weighted by atomic mass is 35.5. The fourth-order valence-corrected chi connectivity index (χ4v) is 2.90. The van der Waals surface area contributed by atoms with E-state index in [2.05, 4.69) is 15.6 Å². The summed E-state index contributed by atoms with van der Waals surface area (Å²) < 4.78 is 13.2. The molecular formula is C12H13ClFN3O. The predicted molar refractivity (Wildman–Crippen MR) is 65.0 cm³/mol. The zero-order valence-corrected chi connectivity index (χ0v) is 10.4. The van der Waals surface area contributed by atoms with Gasteiger partial charge in [-0.2, -0.15) is 4.39 Å². The first-order chi connectivity index (χ1) is 8.63. The van der Waals surface area contributed by atoms with E-state index < -0.39 is 5.95 Å². The van der Waals surface area contributed by atoms with Gasteiger partial charge in [-0.3, -0.25) is 4.79 Å². The summed E-state index contributed by atoms with van der Waals surface area (Å²) in [5.41, 5.74) is 0.0765. The van der Waals surface area contributed by atoms with Crippen molar-refractivity contribution in [1.82, 2.24) is 15.6 Å². The number of piperidine rings is 1. The summed E-state index contributed by atoms with van der Waals surface area (Å²) in [4.78, 5) is 15.5. The maximum atomic E-state index is 13.2. The van der Waals surface area contributed by atoms with Gasteiger partial charge in [-0.05, 0) is 30.9 Å². The molecule has 18 heavy (non-hydrogen) atoms. The minimum atomic E-state index is -0.807. The lowest BCUT2D eigenvalue weighted by Crippen LogP contribution is -2.44. The van der Waals surface area contributed by atoms with Crippen molar-refractivity contribution >= 4 is 17.5 Å². The number of rotatable bonds is 2. The van der Waals surface area contributed by atoms with Crippen LogP contribution in [0.5, 0.6) is 0 Å². The van der Waals surface area contributed by atoms with Crippen LogP contribution in [-0.4, -0.2) is 29.5 Å². The molecule has 2 bridgehead atoms. The van der Waals surface area contributed by atoms with Crippen LogP contribution < -0.4 is 10.6 Å². The molecule has 1 aliphatic heterocycles. The SMILES string of the molecule is O=C(NC1CC2CC1CN2)c1ccc(Cl)c(F)n1. The molecule has 1 aromatic heterocycles. The first kappa shape index (κ1) is 11.9. The number of carbonyl (C=O) groups excluding carboxylic acids is 1. The van der Waals surface area contributed by atoms with Crippen LogP contribution in [0.1, 0.15) is 23.3 Å². The average molecular weight is 270 g/mol. The summed E-state index contributed by atoms with van der Waals surface area (Å²) in [6, 6.07) is 3.47. The molecule has 1 amide bonds. The Morgan fingerprint density at radius 3 is 2.94 bits per heavy atom. The van der Waals surface area contributed by atoms with E-state index in [0.29, 0.717) is 12.0 Å². The van der Waals surface area contributed by atoms with Gasteiger partial charge >= 0.3 is 0 Å². The van der Waals surface area contributed by atoms with E-state index in [1.807, 2.05) is 0 Å². The summed E-state index contributed by atoms with van der Waals surface area (Å²) in [6.45, 7) is 0.942. The van der Waals surface area contributed by atoms with Crippen molar-refractivity contribution in [2.24, 2.45) is 5.92 Å². The Kier molecular flexibility index (Phi) is 2.95. The van der Waals surface area contributed by atoms with Gasteiger partial charge in [0.2, 0.25) is 5.95 Å². The van der Waals surface area contributed by atoms with Crippen molar-refractivity contribution in [3.63, 3.8) is 0 Å². The molecule has 0 aromatic carbocycles. The van der Waals surface area contributed by atoms with Crippen LogP contribution in [0.4, 0.5) is 4.39 Å². The highest BCUT2D eigenvalue weighted by Crippen LogP contribution is 2.31. The molecule has 96 valence electrons. The Morgan fingerprint density at radius 2 is 2.33 bits per heavy atom. The standard InChI is InChI=1S/C12H13ClFN3O/c13-8-1-2-9(16-11(8)14)12(18)17-10-4-7-3-6(10)5-15-7/h1-2,6-7,10,15H,3-5H2,(H,17,18). The second-order valence-electron chi connectivity index (χ2n) is 4.89. The fourth-order valence-electron chi connectivity index (χ4n) is 2.80. The first-order valence-electron chi connectivity index (χ1n) is 6.00. The second kappa shape index (κ2) is 4.48. The number of fused-ring (bicyclic) bond motifs is 2. The van der Waals surface area contributed by atoms with Gasteiger partial charge in [0.05, 0.1) is 5.02 Å². The summed E-state index contributed by atoms with van der Waals surface area (Å²) in [5.74, 6) is -0.655. The first-order valence-corrected chi connectivity index (χ1v) is 6.37. The van der Waals surface area contributed by atoms with Gasteiger partial charge in [-0.15, -0.1) is 0 Å². The molecule has 0 radical (unpaired) electrons. The maximum Gasteiger partial charge on any atom is 0.270 e. The van der Waals surface area contributed by atoms with Gasteiger partial charge in [-0.1, -0.05) is 11.6 Å². The zero-order chi connectivity index (χ0) is 12.7. The van der Waals surface area contributed by atoms with Gasteiger partial charge in [-0.25, -0.2) is 4.98 Å². The van der Waals surface area contributed by atoms with Crippen LogP contribution >= 0.6 is 11.6 Å². The van der Waals surface area contributed by atoms with Crippen molar-refractivity contribution in [2.45, 2.75) is 24.9 Å². The molecule has 1 saturated carbocycles. The number of amides is 1. The molecule has 0 spiro atoms. The summed E-state index contributed by atoms with van der Waals surface area (Å²) >= 11 is 5.53. The molecule has 3 rings (SSSR count). The lowest BCUT2D eigenvalue weighted by molar-refractivity contribution is 0.0919. The molecule has 1 saturated heterocycles. The highest BCUT2D eigenvalue weighted by molar-refractivity contribution is 6.30. The van der Waals surface area contributed by atoms with Crippen molar-refractivity contribution in [1.29, 1.82) is 0 Å². The van der Waals surface area contributed by atoms with Crippen LogP contribution in [0, 0.1) is 11.9 Å². The number of carbonyl (C=O) groups is 1. The normalized spacial score (nSPS) is 29.6. The number of nitrogens with one attached hydrogen (secondary N) is 2. The van der Waals surface area contributed by atoms with Gasteiger partial charge in [0.1, 0.15) is 5.69 Å². The Balaban J connectivity index is 1.69. The molecule has 2 aliphatic rings. The van der Waals surface area contributed by atoms with Crippen LogP contribution in [0.15, 0.2) is 12.1 Å². The van der Waals surface area contributed by atoms with Gasteiger partial charge in [0, 0.05) is 18.6 Å². The Bertz CT molecular complexity index is 496. The van der Waals surface area contributed by atoms with E-state index in [9.17, 15) is 9.18 Å². The molecule has 2 heterocycles. The van der Waals surface area contributed by atoms with Crippen LogP contribution in [0.3, 0.4) is 0 Å². The molecular weight excluding hydrogens is 257 g/mol. The van der Waals surface area contributed by atoms with Gasteiger partial charge in [0.15, 0.2) is 0 Å². The fraction of sp³-hybridized carbons (Fsp3) is 0.500. The quantitative estimate of drug-likeness (QED) is 0.797. The molecule has 1 aliphatic carbocycles. The number of aromatic nitrogens is 1. The van der Waals surface area contributed by atoms with Crippen LogP contribution in [0.2, 0.25) is 5.02 Å². The monoisotopic (exact) mass is 269 g/mol. The van der Waals surface area contributed by atoms with E-state index in [-0.39, 0.29) is 22.7 Å². The Labute approximate surface area is 109 Å². The van der Waals surface area contributed by atoms with Crippen LogP contribution in [-0.2, 0) is 0 Å². The van der Waals surface area contributed by atoms with E-state index in [1.165, 1.54) is 12.1 Å². The summed E-state index contributed by atoms with van der Waals surface area (Å²) in [5, 5.41) is 6.22. The number of hydrogen-bond acceptors (Lipinski definition) is 3. The number of halogens is 2. The smallest absolute Gasteiger partial charge is 0.270 e. The van der Waals surface area contributed by atoms with E-state index >= 15 is 0 Å². The number of hydrogen-bond donors (Lipinski definition) is 2. The van der Waals surface area contributed by atoms with Gasteiger partial charge in [0.25, 0.3) is 5.91 Å². The number of pyridine rings is 1. The van der Waals surface area contributed by atoms with Crippen LogP contribution in [0.25, 0.3) is 0 Å². The third kappa shape index (κ3) is 2.08. The van der Waals surface area contributed by atoms with E-state index in [4.69, 9.17) is 11.6 Å². The third-order valence-corrected chi connectivity index (χ3v) is 4.00. The molecule has 3 atom stereocenters. The lowest BCUT2D eigenvalue weighted by atomic mass is 10.0. The topological polar surface area (TPSA) is 54.0 Å². The summed E-state index contributed by atoms with van der Waals surface area (Å²) in [6.07, 6.45) is 2.04. The lowest BCUT2D eigenvalue weighted by Gasteiger charge is -2.23. The average Bonchev–Trinajstić information content (AvgIpc) is 2.94. The number of nitrogens with zero attached hydrogens (tertiary/aromatic N) is 1. The highest BCUT2D eigenvalue weighted by Gasteiger charge is 2.40. The van der Waals surface area contributed by atoms with Crippen molar-refractivity contribution in [2.75, 3.05) is 6.54 Å². The Morgan fingerprint density at radius 1 is 1.50 bits per heavy atom. The summed E-state index contributed by atoms with van der Waals surface area (Å²) in [7, 11) is 0. The minimum Gasteiger partial charge on any atom is -0.348 e. The molecule has 1 aromatic rings. The van der Waals surface area contributed by atoms with Crippen molar-refractivity contribution in [3.05, 3.63) is 28.8 Å². The molecule has 6 heteroatoms. The third-order valence-electron chi connectivity index (χ3n) is 3.72. The minimum absolute atomic E-state index is 0.0735.